The van der Waals surface area contributed by atoms with E-state index in [9.17, 15) is 0 Å². The predicted molar refractivity (Wildman–Crippen MR) is 257 cm³/mol. The summed E-state index contributed by atoms with van der Waals surface area (Å²) in [6.07, 6.45) is 6.17. The van der Waals surface area contributed by atoms with Crippen LogP contribution >= 0.6 is 0 Å². The molecule has 1 aromatic heterocycles. The minimum absolute atomic E-state index is 0.441. The molecule has 1 nitrogen and oxygen atoms in total. The standard InChI is InChI=1S/C62H41N/c1-3-17-39(18-4-1)44-37-57(40-19-5-2-6-20-40)63-58(38-44)43-22-15-21-41(35-43)45-26-16-32-56-60(45)61(51-27-10-7-23-46(51)47-24-8-11-28-52(47)61)54-30-13-14-31-55(54)62(56)53-29-12-9-25-48(53)49-34-33-42-36-50(42)59(49)62/h1-35,37-38,42,50H,36H2. The van der Waals surface area contributed by atoms with Gasteiger partial charge in [0, 0.05) is 11.1 Å². The van der Waals surface area contributed by atoms with E-state index in [0.717, 1.165) is 28.1 Å². The van der Waals surface area contributed by atoms with Gasteiger partial charge in [-0.25, -0.2) is 4.98 Å². The second-order valence-corrected chi connectivity index (χ2v) is 18.0. The first-order valence-corrected chi connectivity index (χ1v) is 22.4. The third-order valence-electron chi connectivity index (χ3n) is 15.0. The molecule has 294 valence electrons. The highest BCUT2D eigenvalue weighted by Crippen LogP contribution is 2.72. The summed E-state index contributed by atoms with van der Waals surface area (Å²) in [7, 11) is 0. The lowest BCUT2D eigenvalue weighted by molar-refractivity contribution is 0.597. The molecular formula is C62H41N. The van der Waals surface area contributed by atoms with Crippen molar-refractivity contribution >= 4 is 5.57 Å². The number of fused-ring (bicyclic) bond motifs is 17. The molecule has 1 heterocycles. The molecule has 0 bridgehead atoms. The van der Waals surface area contributed by atoms with Crippen molar-refractivity contribution in [1.82, 2.24) is 4.98 Å². The summed E-state index contributed by atoms with van der Waals surface area (Å²) in [5, 5.41) is 0. The largest absolute Gasteiger partial charge is 0.248 e. The summed E-state index contributed by atoms with van der Waals surface area (Å²) in [6.45, 7) is 0. The van der Waals surface area contributed by atoms with Crippen molar-refractivity contribution in [1.29, 1.82) is 0 Å². The Hall–Kier alpha value is -7.61. The molecule has 3 atom stereocenters. The SMILES string of the molecule is C1=CC2CC2C2=C1c1ccccc1C21c2ccccc2C2(c3ccccc3-c3ccccc32)c2c(-c3cccc(-c4cc(-c5ccccc5)cc(-c5ccccc5)n4)c3)cccc21. The molecule has 0 radical (unpaired) electrons. The molecule has 5 aliphatic rings. The molecule has 5 aliphatic carbocycles. The van der Waals surface area contributed by atoms with E-state index in [2.05, 4.69) is 224 Å². The minimum atomic E-state index is -0.561. The van der Waals surface area contributed by atoms with Crippen LogP contribution in [0.5, 0.6) is 0 Å². The maximum absolute atomic E-state index is 5.41. The molecule has 0 saturated heterocycles. The first kappa shape index (κ1) is 35.0. The maximum atomic E-state index is 5.41. The molecule has 3 unspecified atom stereocenters. The lowest BCUT2D eigenvalue weighted by Gasteiger charge is -2.50. The van der Waals surface area contributed by atoms with Crippen molar-refractivity contribution in [2.45, 2.75) is 17.3 Å². The van der Waals surface area contributed by atoms with Gasteiger partial charge >= 0.3 is 0 Å². The molecule has 8 aromatic carbocycles. The van der Waals surface area contributed by atoms with Crippen molar-refractivity contribution in [3.05, 3.63) is 275 Å². The molecule has 1 heteroatoms. The van der Waals surface area contributed by atoms with Gasteiger partial charge in [0.05, 0.1) is 22.2 Å². The second kappa shape index (κ2) is 13.0. The highest BCUT2D eigenvalue weighted by molar-refractivity contribution is 5.98. The highest BCUT2D eigenvalue weighted by atomic mass is 14.7. The monoisotopic (exact) mass is 799 g/mol. The van der Waals surface area contributed by atoms with Crippen LogP contribution < -0.4 is 0 Å². The van der Waals surface area contributed by atoms with Crippen LogP contribution in [-0.2, 0) is 10.8 Å². The molecule has 0 N–H and O–H groups in total. The van der Waals surface area contributed by atoms with Gasteiger partial charge in [-0.1, -0.05) is 206 Å². The van der Waals surface area contributed by atoms with Gasteiger partial charge in [-0.05, 0) is 125 Å². The van der Waals surface area contributed by atoms with Gasteiger partial charge in [0.2, 0.25) is 0 Å². The summed E-state index contributed by atoms with van der Waals surface area (Å²) in [4.78, 5) is 5.41. The minimum Gasteiger partial charge on any atom is -0.248 e. The van der Waals surface area contributed by atoms with Crippen molar-refractivity contribution in [2.75, 3.05) is 0 Å². The van der Waals surface area contributed by atoms with Crippen LogP contribution in [0.3, 0.4) is 0 Å². The van der Waals surface area contributed by atoms with Crippen LogP contribution in [0.15, 0.2) is 230 Å². The fourth-order valence-corrected chi connectivity index (χ4v) is 12.6. The zero-order chi connectivity index (χ0) is 41.3. The van der Waals surface area contributed by atoms with Gasteiger partial charge in [-0.3, -0.25) is 0 Å². The molecule has 14 rings (SSSR count). The molecule has 0 aliphatic heterocycles. The Bertz CT molecular complexity index is 3340. The smallest absolute Gasteiger partial charge is 0.0725 e. The Morgan fingerprint density at radius 2 is 0.857 bits per heavy atom. The number of allylic oxidation sites excluding steroid dienone is 4. The summed E-state index contributed by atoms with van der Waals surface area (Å²) >= 11 is 0. The first-order valence-electron chi connectivity index (χ1n) is 22.4. The van der Waals surface area contributed by atoms with E-state index in [1.165, 1.54) is 84.3 Å². The molecule has 0 amide bonds. The third kappa shape index (κ3) is 4.64. The van der Waals surface area contributed by atoms with Crippen molar-refractivity contribution < 1.29 is 0 Å². The highest BCUT2D eigenvalue weighted by Gasteiger charge is 2.63. The predicted octanol–water partition coefficient (Wildman–Crippen LogP) is 14.7. The molecule has 1 saturated carbocycles. The number of rotatable bonds is 4. The van der Waals surface area contributed by atoms with Crippen molar-refractivity contribution in [3.63, 3.8) is 0 Å². The lowest BCUT2D eigenvalue weighted by Crippen LogP contribution is -2.45. The average molecular weight is 800 g/mol. The van der Waals surface area contributed by atoms with Crippen LogP contribution in [0.4, 0.5) is 0 Å². The number of hydrogen-bond acceptors (Lipinski definition) is 1. The fraction of sp³-hybridized carbons (Fsp3) is 0.0806. The van der Waals surface area contributed by atoms with E-state index in [1.807, 2.05) is 0 Å². The third-order valence-corrected chi connectivity index (χ3v) is 15.0. The van der Waals surface area contributed by atoms with Crippen molar-refractivity contribution in [3.8, 4) is 55.9 Å². The zero-order valence-corrected chi connectivity index (χ0v) is 34.7. The van der Waals surface area contributed by atoms with Gasteiger partial charge in [-0.15, -0.1) is 0 Å². The Balaban J connectivity index is 1.09. The fourth-order valence-electron chi connectivity index (χ4n) is 12.6. The topological polar surface area (TPSA) is 12.9 Å². The number of hydrogen-bond donors (Lipinski definition) is 0. The lowest BCUT2D eigenvalue weighted by atomic mass is 9.50. The van der Waals surface area contributed by atoms with Crippen LogP contribution in [0.25, 0.3) is 61.5 Å². The quantitative estimate of drug-likeness (QED) is 0.173. The van der Waals surface area contributed by atoms with Gasteiger partial charge in [0.15, 0.2) is 0 Å². The molecule has 63 heavy (non-hydrogen) atoms. The summed E-state index contributed by atoms with van der Waals surface area (Å²) < 4.78 is 0. The van der Waals surface area contributed by atoms with Gasteiger partial charge in [-0.2, -0.15) is 0 Å². The number of pyridine rings is 1. The summed E-state index contributed by atoms with van der Waals surface area (Å²) in [5.74, 6) is 1.11. The average Bonchev–Trinajstić information content (AvgIpc) is 4.03. The van der Waals surface area contributed by atoms with Crippen molar-refractivity contribution in [2.24, 2.45) is 11.8 Å². The van der Waals surface area contributed by atoms with E-state index in [0.29, 0.717) is 11.8 Å². The molecule has 1 fully saturated rings. The maximum Gasteiger partial charge on any atom is 0.0725 e. The van der Waals surface area contributed by atoms with Crippen LogP contribution in [0, 0.1) is 11.8 Å². The molecule has 2 spiro atoms. The van der Waals surface area contributed by atoms with Crippen LogP contribution in [0.1, 0.15) is 50.9 Å². The molecule has 9 aromatic rings. The summed E-state index contributed by atoms with van der Waals surface area (Å²) in [5.41, 5.74) is 24.7. The van der Waals surface area contributed by atoms with E-state index in [-0.39, 0.29) is 0 Å². The van der Waals surface area contributed by atoms with Crippen LogP contribution in [0.2, 0.25) is 0 Å². The van der Waals surface area contributed by atoms with Crippen LogP contribution in [-0.4, -0.2) is 4.98 Å². The number of nitrogens with zero attached hydrogens (tertiary/aromatic N) is 1. The Morgan fingerprint density at radius 1 is 0.365 bits per heavy atom. The van der Waals surface area contributed by atoms with Gasteiger partial charge in [0.25, 0.3) is 0 Å². The second-order valence-electron chi connectivity index (χ2n) is 18.0. The van der Waals surface area contributed by atoms with Gasteiger partial charge < -0.3 is 0 Å². The zero-order valence-electron chi connectivity index (χ0n) is 34.7. The van der Waals surface area contributed by atoms with E-state index in [1.54, 1.807) is 5.57 Å². The Labute approximate surface area is 368 Å². The summed E-state index contributed by atoms with van der Waals surface area (Å²) in [6, 6.07) is 79.6. The Morgan fingerprint density at radius 3 is 1.56 bits per heavy atom. The Kier molecular flexibility index (Phi) is 7.20. The number of benzene rings is 8. The first-order chi connectivity index (χ1) is 31.2. The van der Waals surface area contributed by atoms with Gasteiger partial charge in [0.1, 0.15) is 0 Å². The van der Waals surface area contributed by atoms with E-state index in [4.69, 9.17) is 4.98 Å². The number of aromatic nitrogens is 1. The normalized spacial score (nSPS) is 19.7. The molecular weight excluding hydrogens is 759 g/mol. The van der Waals surface area contributed by atoms with E-state index < -0.39 is 10.8 Å². The van der Waals surface area contributed by atoms with E-state index >= 15 is 0 Å².